The molecule has 5 heteroatoms. The highest BCUT2D eigenvalue weighted by Crippen LogP contribution is 2.14. The van der Waals surface area contributed by atoms with E-state index >= 15 is 0 Å². The van der Waals surface area contributed by atoms with Gasteiger partial charge in [-0.15, -0.1) is 0 Å². The van der Waals surface area contributed by atoms with Gasteiger partial charge < -0.3 is 10.0 Å². The summed E-state index contributed by atoms with van der Waals surface area (Å²) in [4.78, 5) is 10.2. The highest BCUT2D eigenvalue weighted by molar-refractivity contribution is 6.29. The molecule has 0 saturated heterocycles. The molecule has 0 radical (unpaired) electrons. The summed E-state index contributed by atoms with van der Waals surface area (Å²) in [7, 11) is 1.86. The van der Waals surface area contributed by atoms with Crippen molar-refractivity contribution in [2.45, 2.75) is 13.3 Å². The first kappa shape index (κ1) is 11.2. The van der Waals surface area contributed by atoms with E-state index < -0.39 is 0 Å². The number of anilines is 1. The summed E-state index contributed by atoms with van der Waals surface area (Å²) in [6, 6.07) is 1.69. The minimum absolute atomic E-state index is 0.0968. The number of likely N-dealkylation sites (N-methyl/N-ethyl adjacent to an activating group) is 1. The fourth-order valence-corrected chi connectivity index (χ4v) is 1.26. The topological polar surface area (TPSA) is 49.2 Å². The highest BCUT2D eigenvalue weighted by atomic mass is 35.5. The molecular formula is C9H14ClN3O. The van der Waals surface area contributed by atoms with E-state index in [1.165, 1.54) is 0 Å². The van der Waals surface area contributed by atoms with Crippen LogP contribution in [0.2, 0.25) is 5.15 Å². The van der Waals surface area contributed by atoms with Crippen molar-refractivity contribution in [2.75, 3.05) is 25.1 Å². The Hall–Kier alpha value is -0.870. The minimum atomic E-state index is 0.0968. The van der Waals surface area contributed by atoms with Gasteiger partial charge in [-0.1, -0.05) is 18.5 Å². The van der Waals surface area contributed by atoms with Gasteiger partial charge in [0.25, 0.3) is 0 Å². The third-order valence-electron chi connectivity index (χ3n) is 1.87. The Morgan fingerprint density at radius 3 is 2.79 bits per heavy atom. The quantitative estimate of drug-likeness (QED) is 0.765. The van der Waals surface area contributed by atoms with Gasteiger partial charge in [-0.2, -0.15) is 0 Å². The molecule has 1 rings (SSSR count). The number of aromatic nitrogens is 2. The summed E-state index contributed by atoms with van der Waals surface area (Å²) in [5, 5.41) is 9.22. The van der Waals surface area contributed by atoms with Crippen LogP contribution in [-0.4, -0.2) is 35.3 Å². The summed E-state index contributed by atoms with van der Waals surface area (Å²) >= 11 is 5.83. The molecule has 0 bridgehead atoms. The molecule has 0 unspecified atom stereocenters. The molecule has 1 aromatic heterocycles. The van der Waals surface area contributed by atoms with Crippen LogP contribution < -0.4 is 4.90 Å². The van der Waals surface area contributed by atoms with Gasteiger partial charge in [-0.3, -0.25) is 0 Å². The van der Waals surface area contributed by atoms with E-state index in [1.807, 2.05) is 18.9 Å². The third kappa shape index (κ3) is 2.82. The van der Waals surface area contributed by atoms with Gasteiger partial charge in [0.1, 0.15) is 16.8 Å². The lowest BCUT2D eigenvalue weighted by Gasteiger charge is -2.17. The molecule has 0 aromatic carbocycles. The molecule has 4 nitrogen and oxygen atoms in total. The standard InChI is InChI=1S/C9H14ClN3O/c1-3-8-11-7(10)6-9(12-8)13(2)4-5-14/h6,14H,3-5H2,1-2H3. The van der Waals surface area contributed by atoms with Crippen LogP contribution in [0, 0.1) is 0 Å². The largest absolute Gasteiger partial charge is 0.395 e. The lowest BCUT2D eigenvalue weighted by Crippen LogP contribution is -2.22. The van der Waals surface area contributed by atoms with Crippen molar-refractivity contribution < 1.29 is 5.11 Å². The number of nitrogens with zero attached hydrogens (tertiary/aromatic N) is 3. The molecular weight excluding hydrogens is 202 g/mol. The van der Waals surface area contributed by atoms with Crippen LogP contribution in [0.15, 0.2) is 6.07 Å². The molecule has 1 aromatic rings. The van der Waals surface area contributed by atoms with E-state index in [4.69, 9.17) is 16.7 Å². The van der Waals surface area contributed by atoms with Crippen LogP contribution in [0.3, 0.4) is 0 Å². The predicted molar refractivity (Wildman–Crippen MR) is 56.8 cm³/mol. The zero-order valence-corrected chi connectivity index (χ0v) is 9.12. The van der Waals surface area contributed by atoms with Crippen LogP contribution in [-0.2, 0) is 6.42 Å². The first-order chi connectivity index (χ1) is 6.67. The number of rotatable bonds is 4. The van der Waals surface area contributed by atoms with Crippen molar-refractivity contribution >= 4 is 17.4 Å². The second-order valence-corrected chi connectivity index (χ2v) is 3.35. The molecule has 0 spiro atoms. The lowest BCUT2D eigenvalue weighted by atomic mass is 10.4. The monoisotopic (exact) mass is 215 g/mol. The number of halogens is 1. The minimum Gasteiger partial charge on any atom is -0.395 e. The first-order valence-corrected chi connectivity index (χ1v) is 4.90. The van der Waals surface area contributed by atoms with Gasteiger partial charge in [-0.05, 0) is 0 Å². The summed E-state index contributed by atoms with van der Waals surface area (Å²) in [5.41, 5.74) is 0. The SMILES string of the molecule is CCc1nc(Cl)cc(N(C)CCO)n1. The summed E-state index contributed by atoms with van der Waals surface area (Å²) in [6.07, 6.45) is 0.751. The van der Waals surface area contributed by atoms with Crippen molar-refractivity contribution in [3.8, 4) is 0 Å². The Labute approximate surface area is 88.6 Å². The van der Waals surface area contributed by atoms with Crippen LogP contribution in [0.25, 0.3) is 0 Å². The van der Waals surface area contributed by atoms with Gasteiger partial charge in [0.2, 0.25) is 0 Å². The van der Waals surface area contributed by atoms with Gasteiger partial charge >= 0.3 is 0 Å². The molecule has 0 aliphatic carbocycles. The molecule has 0 amide bonds. The average molecular weight is 216 g/mol. The van der Waals surface area contributed by atoms with Crippen LogP contribution in [0.5, 0.6) is 0 Å². The average Bonchev–Trinajstić information content (AvgIpc) is 2.17. The molecule has 0 aliphatic rings. The second kappa shape index (κ2) is 5.12. The van der Waals surface area contributed by atoms with Crippen molar-refractivity contribution in [3.63, 3.8) is 0 Å². The maximum Gasteiger partial charge on any atom is 0.134 e. The summed E-state index contributed by atoms with van der Waals surface area (Å²) in [6.45, 7) is 2.61. The van der Waals surface area contributed by atoms with Crippen molar-refractivity contribution in [1.29, 1.82) is 0 Å². The smallest absolute Gasteiger partial charge is 0.134 e. The Balaban J connectivity index is 2.90. The Morgan fingerprint density at radius 2 is 2.21 bits per heavy atom. The van der Waals surface area contributed by atoms with E-state index in [9.17, 15) is 0 Å². The van der Waals surface area contributed by atoms with E-state index in [1.54, 1.807) is 6.07 Å². The fraction of sp³-hybridized carbons (Fsp3) is 0.556. The number of hydrogen-bond acceptors (Lipinski definition) is 4. The van der Waals surface area contributed by atoms with E-state index in [0.717, 1.165) is 18.1 Å². The van der Waals surface area contributed by atoms with Gasteiger partial charge in [-0.25, -0.2) is 9.97 Å². The molecule has 1 N–H and O–H groups in total. The molecule has 0 fully saturated rings. The Morgan fingerprint density at radius 1 is 1.50 bits per heavy atom. The van der Waals surface area contributed by atoms with E-state index in [-0.39, 0.29) is 6.61 Å². The lowest BCUT2D eigenvalue weighted by molar-refractivity contribution is 0.304. The van der Waals surface area contributed by atoms with Crippen LogP contribution >= 0.6 is 11.6 Å². The molecule has 1 heterocycles. The maximum atomic E-state index is 8.78. The summed E-state index contributed by atoms with van der Waals surface area (Å²) in [5.74, 6) is 1.47. The number of aliphatic hydroxyl groups is 1. The van der Waals surface area contributed by atoms with Crippen molar-refractivity contribution in [1.82, 2.24) is 9.97 Å². The molecule has 14 heavy (non-hydrogen) atoms. The molecule has 0 atom stereocenters. The van der Waals surface area contributed by atoms with Gasteiger partial charge in [0.15, 0.2) is 0 Å². The van der Waals surface area contributed by atoms with Crippen LogP contribution in [0.4, 0.5) is 5.82 Å². The van der Waals surface area contributed by atoms with Gasteiger partial charge in [0, 0.05) is 26.1 Å². The predicted octanol–water partition coefficient (Wildman–Crippen LogP) is 1.12. The molecule has 0 saturated carbocycles. The Bertz CT molecular complexity index is 306. The van der Waals surface area contributed by atoms with E-state index in [2.05, 4.69) is 9.97 Å². The second-order valence-electron chi connectivity index (χ2n) is 2.96. The van der Waals surface area contributed by atoms with Crippen molar-refractivity contribution in [2.24, 2.45) is 0 Å². The number of hydrogen-bond donors (Lipinski definition) is 1. The normalized spacial score (nSPS) is 10.3. The zero-order valence-electron chi connectivity index (χ0n) is 8.37. The van der Waals surface area contributed by atoms with E-state index in [0.29, 0.717) is 11.7 Å². The highest BCUT2D eigenvalue weighted by Gasteiger charge is 2.05. The van der Waals surface area contributed by atoms with Crippen molar-refractivity contribution in [3.05, 3.63) is 17.0 Å². The van der Waals surface area contributed by atoms with Crippen LogP contribution in [0.1, 0.15) is 12.7 Å². The molecule has 78 valence electrons. The summed E-state index contributed by atoms with van der Waals surface area (Å²) < 4.78 is 0. The third-order valence-corrected chi connectivity index (χ3v) is 2.06. The number of aliphatic hydroxyl groups excluding tert-OH is 1. The maximum absolute atomic E-state index is 8.78. The first-order valence-electron chi connectivity index (χ1n) is 4.52. The van der Waals surface area contributed by atoms with Gasteiger partial charge in [0.05, 0.1) is 6.61 Å². The Kier molecular flexibility index (Phi) is 4.10. The molecule has 0 aliphatic heterocycles. The zero-order chi connectivity index (χ0) is 10.6. The fourth-order valence-electron chi connectivity index (χ4n) is 1.07. The number of aryl methyl sites for hydroxylation is 1.